The number of aromatic nitrogens is 2. The Morgan fingerprint density at radius 3 is 2.90 bits per heavy atom. The van der Waals surface area contributed by atoms with Crippen LogP contribution in [0, 0.1) is 5.82 Å². The second-order valence-electron chi connectivity index (χ2n) is 4.25. The van der Waals surface area contributed by atoms with Crippen molar-refractivity contribution in [2.75, 3.05) is 13.6 Å². The number of para-hydroxylation sites is 1. The van der Waals surface area contributed by atoms with Gasteiger partial charge in [0.25, 0.3) is 5.91 Å². The maximum absolute atomic E-state index is 14.1. The fourth-order valence-corrected chi connectivity index (χ4v) is 1.92. The highest BCUT2D eigenvalue weighted by molar-refractivity contribution is 5.91. The summed E-state index contributed by atoms with van der Waals surface area (Å²) < 4.78 is 15.5. The van der Waals surface area contributed by atoms with Crippen molar-refractivity contribution < 1.29 is 9.18 Å². The summed E-state index contributed by atoms with van der Waals surface area (Å²) in [6.07, 6.45) is 1.58. The van der Waals surface area contributed by atoms with Gasteiger partial charge in [-0.25, -0.2) is 9.07 Å². The molecule has 0 saturated carbocycles. The van der Waals surface area contributed by atoms with Crippen LogP contribution >= 0.6 is 0 Å². The Morgan fingerprint density at radius 1 is 1.40 bits per heavy atom. The van der Waals surface area contributed by atoms with E-state index >= 15 is 0 Å². The summed E-state index contributed by atoms with van der Waals surface area (Å²) in [7, 11) is 1.53. The number of nitrogens with zero attached hydrogens (tertiary/aromatic N) is 2. The first-order chi connectivity index (χ1) is 9.67. The molecule has 0 atom stereocenters. The number of carbonyl (C=O) groups excluding carboxylic acids is 1. The number of halogens is 1. The van der Waals surface area contributed by atoms with Gasteiger partial charge >= 0.3 is 0 Å². The van der Waals surface area contributed by atoms with E-state index in [1.807, 2.05) is 13.0 Å². The summed E-state index contributed by atoms with van der Waals surface area (Å²) in [5, 5.41) is 9.76. The molecule has 20 heavy (non-hydrogen) atoms. The van der Waals surface area contributed by atoms with Gasteiger partial charge < -0.3 is 10.6 Å². The average Bonchev–Trinajstić information content (AvgIpc) is 2.93. The summed E-state index contributed by atoms with van der Waals surface area (Å²) in [6, 6.07) is 6.44. The molecule has 0 radical (unpaired) electrons. The Morgan fingerprint density at radius 2 is 2.20 bits per heavy atom. The SMILES string of the molecule is CCNCc1cccc(F)c1-n1ccc(C(=O)NC)n1. The minimum absolute atomic E-state index is 0.255. The van der Waals surface area contributed by atoms with Crippen molar-refractivity contribution in [1.29, 1.82) is 0 Å². The van der Waals surface area contributed by atoms with Crippen molar-refractivity contribution in [3.8, 4) is 5.69 Å². The lowest BCUT2D eigenvalue weighted by molar-refractivity contribution is 0.0957. The van der Waals surface area contributed by atoms with E-state index in [1.54, 1.807) is 18.3 Å². The Bertz CT molecular complexity index is 609. The molecule has 0 aliphatic rings. The van der Waals surface area contributed by atoms with Gasteiger partial charge in [0.1, 0.15) is 11.5 Å². The topological polar surface area (TPSA) is 59.0 Å². The number of rotatable bonds is 5. The molecule has 2 N–H and O–H groups in total. The van der Waals surface area contributed by atoms with Crippen LogP contribution in [0.5, 0.6) is 0 Å². The molecule has 0 aliphatic carbocycles. The van der Waals surface area contributed by atoms with Crippen LogP contribution in [0.15, 0.2) is 30.5 Å². The van der Waals surface area contributed by atoms with Gasteiger partial charge in [-0.15, -0.1) is 0 Å². The van der Waals surface area contributed by atoms with E-state index in [0.29, 0.717) is 12.2 Å². The van der Waals surface area contributed by atoms with Gasteiger partial charge in [-0.1, -0.05) is 19.1 Å². The lowest BCUT2D eigenvalue weighted by atomic mass is 10.1. The Balaban J connectivity index is 2.40. The van der Waals surface area contributed by atoms with Gasteiger partial charge in [0.05, 0.1) is 0 Å². The van der Waals surface area contributed by atoms with Gasteiger partial charge in [-0.3, -0.25) is 4.79 Å². The number of benzene rings is 1. The van der Waals surface area contributed by atoms with E-state index in [-0.39, 0.29) is 17.4 Å². The fourth-order valence-electron chi connectivity index (χ4n) is 1.92. The summed E-state index contributed by atoms with van der Waals surface area (Å²) >= 11 is 0. The van der Waals surface area contributed by atoms with Gasteiger partial charge in [-0.05, 0) is 24.2 Å². The Hall–Kier alpha value is -2.21. The van der Waals surface area contributed by atoms with E-state index < -0.39 is 0 Å². The molecule has 5 nitrogen and oxygen atoms in total. The fraction of sp³-hybridized carbons (Fsp3) is 0.286. The van der Waals surface area contributed by atoms with Crippen molar-refractivity contribution in [1.82, 2.24) is 20.4 Å². The predicted octanol–water partition coefficient (Wildman–Crippen LogP) is 1.48. The van der Waals surface area contributed by atoms with Gasteiger partial charge in [-0.2, -0.15) is 5.10 Å². The Labute approximate surface area is 116 Å². The maximum Gasteiger partial charge on any atom is 0.271 e. The summed E-state index contributed by atoms with van der Waals surface area (Å²) in [4.78, 5) is 11.5. The molecule has 2 rings (SSSR count). The quantitative estimate of drug-likeness (QED) is 0.869. The van der Waals surface area contributed by atoms with Gasteiger partial charge in [0, 0.05) is 19.8 Å². The van der Waals surface area contributed by atoms with Crippen LogP contribution in [0.25, 0.3) is 5.69 Å². The highest BCUT2D eigenvalue weighted by Crippen LogP contribution is 2.18. The monoisotopic (exact) mass is 276 g/mol. The minimum Gasteiger partial charge on any atom is -0.354 e. The van der Waals surface area contributed by atoms with Crippen LogP contribution in [0.2, 0.25) is 0 Å². The highest BCUT2D eigenvalue weighted by Gasteiger charge is 2.14. The third kappa shape index (κ3) is 2.85. The van der Waals surface area contributed by atoms with E-state index in [1.165, 1.54) is 17.8 Å². The zero-order valence-electron chi connectivity index (χ0n) is 11.5. The number of amides is 1. The molecule has 2 aromatic rings. The van der Waals surface area contributed by atoms with Gasteiger partial charge in [0.15, 0.2) is 5.69 Å². The first-order valence-corrected chi connectivity index (χ1v) is 6.43. The average molecular weight is 276 g/mol. The van der Waals surface area contributed by atoms with Crippen LogP contribution in [0.3, 0.4) is 0 Å². The summed E-state index contributed by atoms with van der Waals surface area (Å²) in [5.41, 5.74) is 1.41. The molecule has 106 valence electrons. The lowest BCUT2D eigenvalue weighted by Gasteiger charge is -2.11. The largest absolute Gasteiger partial charge is 0.354 e. The van der Waals surface area contributed by atoms with Crippen molar-refractivity contribution in [3.05, 3.63) is 47.5 Å². The zero-order chi connectivity index (χ0) is 14.5. The molecule has 0 unspecified atom stereocenters. The first-order valence-electron chi connectivity index (χ1n) is 6.43. The zero-order valence-corrected chi connectivity index (χ0v) is 11.5. The normalized spacial score (nSPS) is 10.6. The number of nitrogens with one attached hydrogen (secondary N) is 2. The van der Waals surface area contributed by atoms with Crippen molar-refractivity contribution in [2.45, 2.75) is 13.5 Å². The standard InChI is InChI=1S/C14H17FN4O/c1-3-17-9-10-5-4-6-11(15)13(10)19-8-7-12(18-19)14(20)16-2/h4-8,17H,3,9H2,1-2H3,(H,16,20). The van der Waals surface area contributed by atoms with E-state index in [9.17, 15) is 9.18 Å². The molecule has 1 heterocycles. The Kier molecular flexibility index (Phi) is 4.47. The second kappa shape index (κ2) is 6.29. The summed E-state index contributed by atoms with van der Waals surface area (Å²) in [6.45, 7) is 3.31. The number of carbonyl (C=O) groups is 1. The number of hydrogen-bond donors (Lipinski definition) is 2. The van der Waals surface area contributed by atoms with Crippen molar-refractivity contribution in [2.24, 2.45) is 0 Å². The molecule has 0 spiro atoms. The molecule has 6 heteroatoms. The van der Waals surface area contributed by atoms with Crippen LogP contribution in [0.1, 0.15) is 23.0 Å². The van der Waals surface area contributed by atoms with E-state index in [2.05, 4.69) is 15.7 Å². The second-order valence-corrected chi connectivity index (χ2v) is 4.25. The van der Waals surface area contributed by atoms with E-state index in [4.69, 9.17) is 0 Å². The predicted molar refractivity (Wildman–Crippen MR) is 74.3 cm³/mol. The molecule has 0 aliphatic heterocycles. The minimum atomic E-state index is -0.369. The third-order valence-corrected chi connectivity index (χ3v) is 2.91. The van der Waals surface area contributed by atoms with Crippen molar-refractivity contribution in [3.63, 3.8) is 0 Å². The molecule has 1 amide bonds. The number of hydrogen-bond acceptors (Lipinski definition) is 3. The van der Waals surface area contributed by atoms with Crippen LogP contribution in [-0.2, 0) is 6.54 Å². The van der Waals surface area contributed by atoms with Crippen LogP contribution in [0.4, 0.5) is 4.39 Å². The van der Waals surface area contributed by atoms with Gasteiger partial charge in [0.2, 0.25) is 0 Å². The van der Waals surface area contributed by atoms with E-state index in [0.717, 1.165) is 12.1 Å². The first kappa shape index (κ1) is 14.2. The molecular weight excluding hydrogens is 259 g/mol. The molecular formula is C14H17FN4O. The third-order valence-electron chi connectivity index (χ3n) is 2.91. The van der Waals surface area contributed by atoms with Crippen molar-refractivity contribution >= 4 is 5.91 Å². The lowest BCUT2D eigenvalue weighted by Crippen LogP contribution is -2.19. The highest BCUT2D eigenvalue weighted by atomic mass is 19.1. The molecule has 1 aromatic carbocycles. The van der Waals surface area contributed by atoms with Crippen LogP contribution < -0.4 is 10.6 Å². The van der Waals surface area contributed by atoms with Crippen LogP contribution in [-0.4, -0.2) is 29.3 Å². The molecule has 1 aromatic heterocycles. The summed E-state index contributed by atoms with van der Waals surface area (Å²) in [5.74, 6) is -0.666. The molecule has 0 bridgehead atoms. The maximum atomic E-state index is 14.1. The molecule has 0 fully saturated rings. The smallest absolute Gasteiger partial charge is 0.271 e. The molecule has 0 saturated heterocycles.